The minimum absolute atomic E-state index is 0.292. The number of thiophene rings is 2. The van der Waals surface area contributed by atoms with Crippen molar-refractivity contribution in [3.8, 4) is 0 Å². The van der Waals surface area contributed by atoms with E-state index in [1.807, 2.05) is 22.7 Å². The van der Waals surface area contributed by atoms with Crippen LogP contribution in [0.1, 0.15) is 83.1 Å². The molecule has 34 heavy (non-hydrogen) atoms. The maximum Gasteiger partial charge on any atom is 0.114 e. The quantitative estimate of drug-likeness (QED) is 0.420. The van der Waals surface area contributed by atoms with Crippen LogP contribution in [0.4, 0.5) is 0 Å². The van der Waals surface area contributed by atoms with Crippen LogP contribution < -0.4 is 0 Å². The first-order valence-corrected chi connectivity index (χ1v) is 15.4. The van der Waals surface area contributed by atoms with Crippen molar-refractivity contribution in [3.63, 3.8) is 0 Å². The van der Waals surface area contributed by atoms with Gasteiger partial charge in [-0.2, -0.15) is 0 Å². The van der Waals surface area contributed by atoms with Crippen LogP contribution >= 0.6 is 22.7 Å². The molecule has 6 heteroatoms. The lowest BCUT2D eigenvalue weighted by Gasteiger charge is -2.46. The average Bonchev–Trinajstić information content (AvgIpc) is 3.55. The summed E-state index contributed by atoms with van der Waals surface area (Å²) in [4.78, 5) is 11.3. The zero-order valence-corrected chi connectivity index (χ0v) is 21.8. The molecule has 0 spiro atoms. The molecule has 0 N–H and O–H groups in total. The number of aryl methyl sites for hydroxylation is 2. The zero-order chi connectivity index (χ0) is 22.5. The fraction of sp³-hybridized carbons (Fsp3) is 0.714. The number of hydrogen-bond donors (Lipinski definition) is 0. The van der Waals surface area contributed by atoms with Gasteiger partial charge in [-0.3, -0.25) is 9.80 Å². The average molecular weight is 499 g/mol. The smallest absolute Gasteiger partial charge is 0.114 e. The fourth-order valence-electron chi connectivity index (χ4n) is 7.21. The van der Waals surface area contributed by atoms with E-state index in [-0.39, 0.29) is 0 Å². The van der Waals surface area contributed by atoms with Gasteiger partial charge in [0.1, 0.15) is 12.5 Å². The highest BCUT2D eigenvalue weighted by Gasteiger charge is 2.40. The van der Waals surface area contributed by atoms with Gasteiger partial charge in [-0.1, -0.05) is 0 Å². The molecule has 5 aliphatic rings. The zero-order valence-electron chi connectivity index (χ0n) is 20.2. The van der Waals surface area contributed by atoms with Crippen LogP contribution in [-0.2, 0) is 22.3 Å². The molecule has 0 amide bonds. The summed E-state index contributed by atoms with van der Waals surface area (Å²) in [6.45, 7) is 4.82. The van der Waals surface area contributed by atoms with Gasteiger partial charge in [0.25, 0.3) is 0 Å². The normalized spacial score (nSPS) is 37.1. The molecule has 8 bridgehead atoms. The molecule has 2 aromatic rings. The van der Waals surface area contributed by atoms with Gasteiger partial charge in [0.15, 0.2) is 0 Å². The number of nitrogens with zero attached hydrogens (tertiary/aromatic N) is 2. The first-order chi connectivity index (χ1) is 16.8. The van der Waals surface area contributed by atoms with Crippen LogP contribution in [0.2, 0.25) is 0 Å². The Hall–Kier alpha value is -0.760. The largest absolute Gasteiger partial charge is 0.354 e. The van der Waals surface area contributed by atoms with E-state index < -0.39 is 0 Å². The number of piperidine rings is 2. The van der Waals surface area contributed by atoms with E-state index in [1.54, 1.807) is 0 Å². The molecule has 7 rings (SSSR count). The topological polar surface area (TPSA) is 24.9 Å². The van der Waals surface area contributed by atoms with Gasteiger partial charge in [0, 0.05) is 45.7 Å². The van der Waals surface area contributed by atoms with Crippen molar-refractivity contribution < 1.29 is 9.47 Å². The van der Waals surface area contributed by atoms with Crippen LogP contribution in [0, 0.1) is 11.8 Å². The fourth-order valence-corrected chi connectivity index (χ4v) is 9.41. The van der Waals surface area contributed by atoms with Crippen molar-refractivity contribution in [2.24, 2.45) is 11.8 Å². The first-order valence-electron chi connectivity index (χ1n) is 13.8. The molecule has 0 aromatic carbocycles. The predicted molar refractivity (Wildman–Crippen MR) is 138 cm³/mol. The second-order valence-corrected chi connectivity index (χ2v) is 13.6. The second-order valence-electron chi connectivity index (χ2n) is 11.2. The molecule has 6 atom stereocenters. The number of hydrogen-bond acceptors (Lipinski definition) is 6. The Morgan fingerprint density at radius 1 is 0.588 bits per heavy atom. The van der Waals surface area contributed by atoms with Crippen molar-refractivity contribution in [3.05, 3.63) is 43.8 Å². The summed E-state index contributed by atoms with van der Waals surface area (Å²) in [5.41, 5.74) is 0. The van der Waals surface area contributed by atoms with Crippen LogP contribution in [0.25, 0.3) is 0 Å². The lowest BCUT2D eigenvalue weighted by molar-refractivity contribution is -0.181. The molecule has 0 saturated carbocycles. The highest BCUT2D eigenvalue weighted by atomic mass is 32.1. The minimum atomic E-state index is 0.292. The van der Waals surface area contributed by atoms with Crippen molar-refractivity contribution in [1.82, 2.24) is 9.80 Å². The molecule has 184 valence electrons. The third kappa shape index (κ3) is 4.33. The predicted octanol–water partition coefficient (Wildman–Crippen LogP) is 6.39. The Balaban J connectivity index is 1.18. The molecule has 0 unspecified atom stereocenters. The van der Waals surface area contributed by atoms with Crippen LogP contribution in [0.5, 0.6) is 0 Å². The standard InChI is InChI=1S/C28H38N2O2S2/c1-3-19-5-7-21-9-11-26(33-21)24-14-18-30-16-2-4-20(28(30)32-24)6-8-22-10-12-25(34-22)23-13-17-29(15-1)27(19)31-23/h9-12,19-20,23-24,27-28H,1-8,13-18H2/t19-,20-,23-,24-,27-,28-/m1/s1. The molecule has 0 radical (unpaired) electrons. The van der Waals surface area contributed by atoms with Gasteiger partial charge in [-0.15, -0.1) is 22.7 Å². The van der Waals surface area contributed by atoms with E-state index >= 15 is 0 Å². The number of fused-ring (bicyclic) bond motifs is 8. The number of rotatable bonds is 0. The van der Waals surface area contributed by atoms with Gasteiger partial charge >= 0.3 is 0 Å². The van der Waals surface area contributed by atoms with Crippen molar-refractivity contribution in [2.45, 2.75) is 88.9 Å². The molecule has 2 aromatic heterocycles. The van der Waals surface area contributed by atoms with Gasteiger partial charge in [0.2, 0.25) is 0 Å². The Labute approximate surface area is 212 Å². The maximum absolute atomic E-state index is 6.87. The van der Waals surface area contributed by atoms with Crippen molar-refractivity contribution in [2.75, 3.05) is 26.2 Å². The van der Waals surface area contributed by atoms with Gasteiger partial charge in [0.05, 0.1) is 12.2 Å². The second kappa shape index (κ2) is 9.60. The highest BCUT2D eigenvalue weighted by molar-refractivity contribution is 7.12. The van der Waals surface area contributed by atoms with E-state index in [0.29, 0.717) is 36.5 Å². The summed E-state index contributed by atoms with van der Waals surface area (Å²) >= 11 is 4.04. The summed E-state index contributed by atoms with van der Waals surface area (Å²) in [6, 6.07) is 9.53. The van der Waals surface area contributed by atoms with Gasteiger partial charge < -0.3 is 9.47 Å². The monoisotopic (exact) mass is 498 g/mol. The molecule has 7 heterocycles. The number of ether oxygens (including phenoxy) is 2. The molecular weight excluding hydrogens is 460 g/mol. The summed E-state index contributed by atoms with van der Waals surface area (Å²) in [5, 5.41) is 0. The molecule has 4 fully saturated rings. The van der Waals surface area contributed by atoms with Crippen LogP contribution in [0.15, 0.2) is 24.3 Å². The maximum atomic E-state index is 6.87. The SMILES string of the molecule is c1cc2sc1CC[C@H]1CCCN3CC[C@@H](O[C@H]13)c1ccc(s1)CC[C@H]1CCCN3CC[C@H]2O[C@H]13. The summed E-state index contributed by atoms with van der Waals surface area (Å²) in [7, 11) is 0. The lowest BCUT2D eigenvalue weighted by atomic mass is 9.89. The van der Waals surface area contributed by atoms with Crippen LogP contribution in [-0.4, -0.2) is 48.4 Å². The van der Waals surface area contributed by atoms with Crippen LogP contribution in [0.3, 0.4) is 0 Å². The molecule has 5 aliphatic heterocycles. The Morgan fingerprint density at radius 3 is 1.59 bits per heavy atom. The molecule has 0 aliphatic carbocycles. The Morgan fingerprint density at radius 2 is 1.09 bits per heavy atom. The summed E-state index contributed by atoms with van der Waals surface area (Å²) < 4.78 is 13.7. The van der Waals surface area contributed by atoms with E-state index in [2.05, 4.69) is 34.1 Å². The third-order valence-corrected chi connectivity index (χ3v) is 11.5. The van der Waals surface area contributed by atoms with E-state index in [0.717, 1.165) is 12.8 Å². The van der Waals surface area contributed by atoms with E-state index in [4.69, 9.17) is 9.47 Å². The molecule has 4 saturated heterocycles. The highest BCUT2D eigenvalue weighted by Crippen LogP contribution is 2.43. The Kier molecular flexibility index (Phi) is 6.34. The summed E-state index contributed by atoms with van der Waals surface area (Å²) in [6.07, 6.45) is 13.6. The van der Waals surface area contributed by atoms with Gasteiger partial charge in [-0.05, 0) is 100 Å². The van der Waals surface area contributed by atoms with E-state index in [1.165, 1.54) is 97.1 Å². The Bertz CT molecular complexity index is 910. The third-order valence-electron chi connectivity index (χ3n) is 9.05. The minimum Gasteiger partial charge on any atom is -0.354 e. The van der Waals surface area contributed by atoms with Crippen molar-refractivity contribution in [1.29, 1.82) is 0 Å². The molecular formula is C28H38N2O2S2. The first kappa shape index (κ1) is 22.4. The summed E-state index contributed by atoms with van der Waals surface area (Å²) in [5.74, 6) is 1.31. The molecule has 4 nitrogen and oxygen atoms in total. The lowest BCUT2D eigenvalue weighted by Crippen LogP contribution is -2.51. The van der Waals surface area contributed by atoms with Gasteiger partial charge in [-0.25, -0.2) is 0 Å². The van der Waals surface area contributed by atoms with Crippen molar-refractivity contribution >= 4 is 22.7 Å². The van der Waals surface area contributed by atoms with E-state index in [9.17, 15) is 0 Å².